The molecule has 0 aromatic carbocycles. The summed E-state index contributed by atoms with van der Waals surface area (Å²) in [6, 6.07) is 0. The lowest BCUT2D eigenvalue weighted by atomic mass is 10.3. The minimum absolute atomic E-state index is 0.445. The minimum Gasteiger partial charge on any atom is -0.481 e. The molecule has 0 fully saturated rings. The molecular formula is C9H11N3O. The van der Waals surface area contributed by atoms with E-state index in [1.807, 2.05) is 6.92 Å². The van der Waals surface area contributed by atoms with Gasteiger partial charge in [-0.25, -0.2) is 9.97 Å². The number of nitrogens with one attached hydrogen (secondary N) is 1. The summed E-state index contributed by atoms with van der Waals surface area (Å²) in [5, 5.41) is 2.97. The summed E-state index contributed by atoms with van der Waals surface area (Å²) in [4.78, 5) is 7.97. The van der Waals surface area contributed by atoms with E-state index >= 15 is 0 Å². The minimum atomic E-state index is 0.445. The van der Waals surface area contributed by atoms with Crippen molar-refractivity contribution in [3.63, 3.8) is 0 Å². The first kappa shape index (κ1) is 9.33. The summed E-state index contributed by atoms with van der Waals surface area (Å²) in [7, 11) is 1.57. The van der Waals surface area contributed by atoms with Crippen molar-refractivity contribution in [1.29, 1.82) is 0 Å². The Morgan fingerprint density at radius 2 is 2.38 bits per heavy atom. The summed E-state index contributed by atoms with van der Waals surface area (Å²) >= 11 is 0. The van der Waals surface area contributed by atoms with Gasteiger partial charge in [-0.15, -0.1) is 6.42 Å². The second-order valence-corrected chi connectivity index (χ2v) is 2.41. The number of rotatable bonds is 3. The molecule has 0 saturated carbocycles. The number of anilines is 1. The third-order valence-corrected chi connectivity index (χ3v) is 1.59. The normalized spacial score (nSPS) is 9.00. The molecule has 1 aromatic heterocycles. The van der Waals surface area contributed by atoms with E-state index in [2.05, 4.69) is 21.2 Å². The summed E-state index contributed by atoms with van der Waals surface area (Å²) in [5.74, 6) is 3.75. The fourth-order valence-corrected chi connectivity index (χ4v) is 0.953. The molecule has 68 valence electrons. The van der Waals surface area contributed by atoms with E-state index in [0.717, 1.165) is 5.56 Å². The van der Waals surface area contributed by atoms with Gasteiger partial charge in [0.1, 0.15) is 12.1 Å². The molecule has 0 saturated heterocycles. The van der Waals surface area contributed by atoms with Crippen LogP contribution in [-0.4, -0.2) is 23.6 Å². The molecule has 0 aliphatic rings. The Labute approximate surface area is 77.4 Å². The van der Waals surface area contributed by atoms with Crippen molar-refractivity contribution in [3.05, 3.63) is 11.9 Å². The van der Waals surface area contributed by atoms with Crippen molar-refractivity contribution in [2.45, 2.75) is 6.92 Å². The van der Waals surface area contributed by atoms with Gasteiger partial charge in [0.05, 0.1) is 19.2 Å². The highest BCUT2D eigenvalue weighted by molar-refractivity contribution is 5.48. The fraction of sp³-hybridized carbons (Fsp3) is 0.333. The van der Waals surface area contributed by atoms with Crippen LogP contribution < -0.4 is 10.1 Å². The van der Waals surface area contributed by atoms with Gasteiger partial charge in [0.25, 0.3) is 0 Å². The zero-order chi connectivity index (χ0) is 9.68. The van der Waals surface area contributed by atoms with E-state index in [0.29, 0.717) is 18.2 Å². The predicted molar refractivity (Wildman–Crippen MR) is 50.6 cm³/mol. The zero-order valence-electron chi connectivity index (χ0n) is 7.66. The lowest BCUT2D eigenvalue weighted by Crippen LogP contribution is -2.04. The highest BCUT2D eigenvalue weighted by Gasteiger charge is 2.04. The largest absolute Gasteiger partial charge is 0.481 e. The van der Waals surface area contributed by atoms with Gasteiger partial charge >= 0.3 is 0 Å². The second kappa shape index (κ2) is 4.31. The third-order valence-electron chi connectivity index (χ3n) is 1.59. The Morgan fingerprint density at radius 3 is 3.00 bits per heavy atom. The first-order chi connectivity index (χ1) is 6.29. The molecule has 13 heavy (non-hydrogen) atoms. The molecular weight excluding hydrogens is 166 g/mol. The Kier molecular flexibility index (Phi) is 3.09. The van der Waals surface area contributed by atoms with Gasteiger partial charge in [0, 0.05) is 0 Å². The second-order valence-electron chi connectivity index (χ2n) is 2.41. The SMILES string of the molecule is C#CCNc1ncnc(OC)c1C. The van der Waals surface area contributed by atoms with Gasteiger partial charge in [-0.1, -0.05) is 5.92 Å². The van der Waals surface area contributed by atoms with E-state index in [1.165, 1.54) is 6.33 Å². The van der Waals surface area contributed by atoms with E-state index in [1.54, 1.807) is 7.11 Å². The molecule has 0 atom stereocenters. The van der Waals surface area contributed by atoms with Crippen molar-refractivity contribution in [2.24, 2.45) is 0 Å². The maximum absolute atomic E-state index is 5.11. The monoisotopic (exact) mass is 177 g/mol. The number of ether oxygens (including phenoxy) is 1. The van der Waals surface area contributed by atoms with Crippen LogP contribution in [0.2, 0.25) is 0 Å². The van der Waals surface area contributed by atoms with Crippen LogP contribution in [0.3, 0.4) is 0 Å². The topological polar surface area (TPSA) is 47.0 Å². The molecule has 0 spiro atoms. The van der Waals surface area contributed by atoms with Crippen LogP contribution in [0.4, 0.5) is 5.82 Å². The molecule has 1 N–H and O–H groups in total. The van der Waals surface area contributed by atoms with Crippen LogP contribution in [-0.2, 0) is 0 Å². The van der Waals surface area contributed by atoms with Crippen molar-refractivity contribution in [1.82, 2.24) is 9.97 Å². The number of hydrogen-bond acceptors (Lipinski definition) is 4. The highest BCUT2D eigenvalue weighted by Crippen LogP contribution is 2.18. The van der Waals surface area contributed by atoms with E-state index in [4.69, 9.17) is 11.2 Å². The smallest absolute Gasteiger partial charge is 0.221 e. The predicted octanol–water partition coefficient (Wildman–Crippen LogP) is 0.839. The molecule has 1 heterocycles. The van der Waals surface area contributed by atoms with Gasteiger partial charge in [-0.05, 0) is 6.92 Å². The Bertz CT molecular complexity index is 330. The lowest BCUT2D eigenvalue weighted by molar-refractivity contribution is 0.394. The van der Waals surface area contributed by atoms with Crippen molar-refractivity contribution < 1.29 is 4.74 Å². The molecule has 1 rings (SSSR count). The van der Waals surface area contributed by atoms with Crippen LogP contribution >= 0.6 is 0 Å². The van der Waals surface area contributed by atoms with Crippen LogP contribution in [0.15, 0.2) is 6.33 Å². The molecule has 4 nitrogen and oxygen atoms in total. The average molecular weight is 177 g/mol. The molecule has 0 bridgehead atoms. The maximum Gasteiger partial charge on any atom is 0.221 e. The van der Waals surface area contributed by atoms with Crippen molar-refractivity contribution >= 4 is 5.82 Å². The third kappa shape index (κ3) is 2.09. The first-order valence-electron chi connectivity index (χ1n) is 3.82. The Morgan fingerprint density at radius 1 is 1.62 bits per heavy atom. The number of terminal acetylenes is 1. The fourth-order valence-electron chi connectivity index (χ4n) is 0.953. The summed E-state index contributed by atoms with van der Waals surface area (Å²) in [5.41, 5.74) is 0.861. The standard InChI is InChI=1S/C9H11N3O/c1-4-5-10-8-7(2)9(13-3)12-6-11-8/h1,6H,5H2,2-3H3,(H,10,11,12). The highest BCUT2D eigenvalue weighted by atomic mass is 16.5. The lowest BCUT2D eigenvalue weighted by Gasteiger charge is -2.07. The van der Waals surface area contributed by atoms with Gasteiger partial charge in [0.15, 0.2) is 0 Å². The van der Waals surface area contributed by atoms with E-state index < -0.39 is 0 Å². The molecule has 0 unspecified atom stereocenters. The van der Waals surface area contributed by atoms with Crippen molar-refractivity contribution in [2.75, 3.05) is 19.0 Å². The number of aromatic nitrogens is 2. The summed E-state index contributed by atoms with van der Waals surface area (Å²) in [6.45, 7) is 2.32. The molecule has 0 radical (unpaired) electrons. The summed E-state index contributed by atoms with van der Waals surface area (Å²) in [6.07, 6.45) is 6.55. The summed E-state index contributed by atoms with van der Waals surface area (Å²) < 4.78 is 5.02. The Hall–Kier alpha value is -1.76. The van der Waals surface area contributed by atoms with Crippen LogP contribution in [0.25, 0.3) is 0 Å². The van der Waals surface area contributed by atoms with E-state index in [9.17, 15) is 0 Å². The number of hydrogen-bond donors (Lipinski definition) is 1. The quantitative estimate of drug-likeness (QED) is 0.695. The Balaban J connectivity index is 2.89. The molecule has 4 heteroatoms. The molecule has 0 amide bonds. The molecule has 0 aliphatic carbocycles. The van der Waals surface area contributed by atoms with Crippen LogP contribution in [0.1, 0.15) is 5.56 Å². The van der Waals surface area contributed by atoms with Gasteiger partial charge in [-0.3, -0.25) is 0 Å². The average Bonchev–Trinajstić information content (AvgIpc) is 2.16. The van der Waals surface area contributed by atoms with Crippen LogP contribution in [0.5, 0.6) is 5.88 Å². The van der Waals surface area contributed by atoms with Gasteiger partial charge < -0.3 is 10.1 Å². The first-order valence-corrected chi connectivity index (χ1v) is 3.82. The molecule has 1 aromatic rings. The maximum atomic E-state index is 5.11. The van der Waals surface area contributed by atoms with Gasteiger partial charge in [-0.2, -0.15) is 0 Å². The number of nitrogens with zero attached hydrogens (tertiary/aromatic N) is 2. The van der Waals surface area contributed by atoms with E-state index in [-0.39, 0.29) is 0 Å². The zero-order valence-corrected chi connectivity index (χ0v) is 7.66. The van der Waals surface area contributed by atoms with Crippen molar-refractivity contribution in [3.8, 4) is 18.2 Å². The van der Waals surface area contributed by atoms with Gasteiger partial charge in [0.2, 0.25) is 5.88 Å². The van der Waals surface area contributed by atoms with Crippen LogP contribution in [0, 0.1) is 19.3 Å². The number of methoxy groups -OCH3 is 1. The molecule has 0 aliphatic heterocycles.